The summed E-state index contributed by atoms with van der Waals surface area (Å²) in [5.74, 6) is -1.59. The van der Waals surface area contributed by atoms with Crippen LogP contribution in [0.1, 0.15) is 20.7 Å². The maximum atomic E-state index is 12.0. The highest BCUT2D eigenvalue weighted by atomic mass is 79.9. The van der Waals surface area contributed by atoms with Crippen molar-refractivity contribution in [2.75, 3.05) is 5.32 Å². The molecule has 0 spiro atoms. The van der Waals surface area contributed by atoms with Gasteiger partial charge in [-0.05, 0) is 35.9 Å². The van der Waals surface area contributed by atoms with Crippen LogP contribution in [-0.2, 0) is 0 Å². The Morgan fingerprint density at radius 3 is 2.37 bits per heavy atom. The maximum Gasteiger partial charge on any atom is 0.255 e. The third kappa shape index (κ3) is 3.42. The number of benzene rings is 2. The van der Waals surface area contributed by atoms with Gasteiger partial charge < -0.3 is 15.2 Å². The fraction of sp³-hybridized carbons (Fsp3) is 0. The third-order valence-corrected chi connectivity index (χ3v) is 2.94. The molecule has 0 saturated heterocycles. The van der Waals surface area contributed by atoms with E-state index >= 15 is 0 Å². The Morgan fingerprint density at radius 1 is 1.00 bits per heavy atom. The van der Waals surface area contributed by atoms with Crippen molar-refractivity contribution in [1.29, 1.82) is 0 Å². The molecule has 2 rings (SSSR count). The molecule has 2 aromatic carbocycles. The van der Waals surface area contributed by atoms with Crippen molar-refractivity contribution in [2.24, 2.45) is 0 Å². The lowest BCUT2D eigenvalue weighted by molar-refractivity contribution is -0.255. The van der Waals surface area contributed by atoms with Gasteiger partial charge in [0.15, 0.2) is 0 Å². The molecule has 5 heteroatoms. The molecule has 0 aromatic heterocycles. The monoisotopic (exact) mass is 318 g/mol. The summed E-state index contributed by atoms with van der Waals surface area (Å²) in [6, 6.07) is 12.8. The molecule has 0 unspecified atom stereocenters. The number of anilines is 1. The first-order chi connectivity index (χ1) is 9.06. The highest BCUT2D eigenvalue weighted by Gasteiger charge is 2.06. The molecule has 19 heavy (non-hydrogen) atoms. The van der Waals surface area contributed by atoms with Gasteiger partial charge in [0.2, 0.25) is 0 Å². The Labute approximate surface area is 118 Å². The molecular weight excluding hydrogens is 310 g/mol. The summed E-state index contributed by atoms with van der Waals surface area (Å²) in [5, 5.41) is 13.4. The molecule has 0 bridgehead atoms. The van der Waals surface area contributed by atoms with Crippen LogP contribution in [0.15, 0.2) is 53.0 Å². The van der Waals surface area contributed by atoms with E-state index in [1.165, 1.54) is 12.1 Å². The molecule has 0 saturated carbocycles. The van der Waals surface area contributed by atoms with Crippen molar-refractivity contribution in [3.63, 3.8) is 0 Å². The Hall–Kier alpha value is -2.14. The molecule has 0 aliphatic heterocycles. The first-order valence-corrected chi connectivity index (χ1v) is 6.24. The number of aromatic carboxylic acids is 1. The van der Waals surface area contributed by atoms with Gasteiger partial charge in [-0.3, -0.25) is 4.79 Å². The van der Waals surface area contributed by atoms with Crippen molar-refractivity contribution in [3.8, 4) is 0 Å². The molecule has 0 fully saturated rings. The van der Waals surface area contributed by atoms with Crippen LogP contribution in [0.4, 0.5) is 5.69 Å². The molecule has 1 amide bonds. The molecule has 4 nitrogen and oxygen atoms in total. The van der Waals surface area contributed by atoms with E-state index in [9.17, 15) is 14.7 Å². The van der Waals surface area contributed by atoms with Crippen LogP contribution in [0.25, 0.3) is 0 Å². The number of hydrogen-bond acceptors (Lipinski definition) is 3. The maximum absolute atomic E-state index is 12.0. The number of hydrogen-bond donors (Lipinski definition) is 1. The second kappa shape index (κ2) is 5.67. The molecule has 2 aromatic rings. The van der Waals surface area contributed by atoms with E-state index in [2.05, 4.69) is 21.2 Å². The molecule has 0 heterocycles. The zero-order valence-corrected chi connectivity index (χ0v) is 11.3. The highest BCUT2D eigenvalue weighted by molar-refractivity contribution is 9.10. The number of halogens is 1. The van der Waals surface area contributed by atoms with Crippen LogP contribution >= 0.6 is 15.9 Å². The minimum Gasteiger partial charge on any atom is -0.545 e. The van der Waals surface area contributed by atoms with Gasteiger partial charge in [-0.1, -0.05) is 34.1 Å². The standard InChI is InChI=1S/C14H10BrNO3/c15-11-5-1-3-9(7-11)13(17)16-12-6-2-4-10(8-12)14(18)19/h1-8H,(H,16,17)(H,18,19)/p-1. The van der Waals surface area contributed by atoms with Crippen molar-refractivity contribution in [1.82, 2.24) is 0 Å². The van der Waals surface area contributed by atoms with Gasteiger partial charge in [-0.2, -0.15) is 0 Å². The normalized spacial score (nSPS) is 9.95. The number of carbonyl (C=O) groups is 2. The van der Waals surface area contributed by atoms with Gasteiger partial charge in [0.25, 0.3) is 5.91 Å². The Bertz CT molecular complexity index is 640. The minimum absolute atomic E-state index is 0.0204. The van der Waals surface area contributed by atoms with E-state index in [1.54, 1.807) is 30.3 Å². The van der Waals surface area contributed by atoms with Gasteiger partial charge in [0.1, 0.15) is 0 Å². The van der Waals surface area contributed by atoms with E-state index < -0.39 is 5.97 Å². The van der Waals surface area contributed by atoms with Crippen molar-refractivity contribution in [3.05, 3.63) is 64.1 Å². The van der Waals surface area contributed by atoms with Crippen LogP contribution < -0.4 is 10.4 Å². The average Bonchev–Trinajstić information content (AvgIpc) is 2.39. The van der Waals surface area contributed by atoms with Gasteiger partial charge in [0, 0.05) is 15.7 Å². The van der Waals surface area contributed by atoms with Crippen LogP contribution in [0.2, 0.25) is 0 Å². The van der Waals surface area contributed by atoms with E-state index in [4.69, 9.17) is 0 Å². The van der Waals surface area contributed by atoms with Gasteiger partial charge in [-0.25, -0.2) is 0 Å². The Balaban J connectivity index is 2.19. The average molecular weight is 319 g/mol. The fourth-order valence-corrected chi connectivity index (χ4v) is 1.96. The zero-order chi connectivity index (χ0) is 13.8. The van der Waals surface area contributed by atoms with E-state index in [1.807, 2.05) is 6.07 Å². The summed E-state index contributed by atoms with van der Waals surface area (Å²) < 4.78 is 0.795. The first-order valence-electron chi connectivity index (χ1n) is 5.44. The molecule has 0 aliphatic rings. The Morgan fingerprint density at radius 2 is 1.68 bits per heavy atom. The second-order valence-electron chi connectivity index (χ2n) is 3.83. The van der Waals surface area contributed by atoms with Crippen molar-refractivity contribution in [2.45, 2.75) is 0 Å². The third-order valence-electron chi connectivity index (χ3n) is 2.44. The SMILES string of the molecule is O=C([O-])c1cccc(NC(=O)c2cccc(Br)c2)c1. The highest BCUT2D eigenvalue weighted by Crippen LogP contribution is 2.15. The summed E-state index contributed by atoms with van der Waals surface area (Å²) in [7, 11) is 0. The van der Waals surface area contributed by atoms with E-state index in [0.29, 0.717) is 11.3 Å². The lowest BCUT2D eigenvalue weighted by atomic mass is 10.2. The number of nitrogens with one attached hydrogen (secondary N) is 1. The van der Waals surface area contributed by atoms with E-state index in [-0.39, 0.29) is 11.5 Å². The molecule has 0 radical (unpaired) electrons. The molecule has 1 N–H and O–H groups in total. The smallest absolute Gasteiger partial charge is 0.255 e. The summed E-state index contributed by atoms with van der Waals surface area (Å²) in [5.41, 5.74) is 0.909. The summed E-state index contributed by atoms with van der Waals surface area (Å²) in [6.07, 6.45) is 0. The number of carbonyl (C=O) groups excluding carboxylic acids is 2. The zero-order valence-electron chi connectivity index (χ0n) is 9.72. The number of amides is 1. The predicted molar refractivity (Wildman–Crippen MR) is 72.9 cm³/mol. The molecule has 96 valence electrons. The lowest BCUT2D eigenvalue weighted by Crippen LogP contribution is -2.22. The van der Waals surface area contributed by atoms with Crippen LogP contribution in [0, 0.1) is 0 Å². The fourth-order valence-electron chi connectivity index (χ4n) is 1.56. The summed E-state index contributed by atoms with van der Waals surface area (Å²) in [6.45, 7) is 0. The topological polar surface area (TPSA) is 69.2 Å². The first kappa shape index (κ1) is 13.3. The second-order valence-corrected chi connectivity index (χ2v) is 4.75. The van der Waals surface area contributed by atoms with Gasteiger partial charge in [-0.15, -0.1) is 0 Å². The van der Waals surface area contributed by atoms with Crippen molar-refractivity contribution < 1.29 is 14.7 Å². The number of rotatable bonds is 3. The number of carboxylic acids is 1. The van der Waals surface area contributed by atoms with Crippen LogP contribution in [-0.4, -0.2) is 11.9 Å². The predicted octanol–water partition coefficient (Wildman–Crippen LogP) is 2.06. The quantitative estimate of drug-likeness (QED) is 0.941. The molecule has 0 atom stereocenters. The number of carboxylic acid groups (broad SMARTS) is 1. The van der Waals surface area contributed by atoms with Crippen molar-refractivity contribution >= 4 is 33.5 Å². The lowest BCUT2D eigenvalue weighted by Gasteiger charge is -2.08. The summed E-state index contributed by atoms with van der Waals surface area (Å²) >= 11 is 3.28. The minimum atomic E-state index is -1.28. The van der Waals surface area contributed by atoms with Gasteiger partial charge in [0.05, 0.1) is 5.97 Å². The molecular formula is C14H9BrNO3-. The Kier molecular flexibility index (Phi) is 3.97. The van der Waals surface area contributed by atoms with E-state index in [0.717, 1.165) is 4.47 Å². The molecule has 0 aliphatic carbocycles. The van der Waals surface area contributed by atoms with Crippen LogP contribution in [0.3, 0.4) is 0 Å². The van der Waals surface area contributed by atoms with Crippen LogP contribution in [0.5, 0.6) is 0 Å². The van der Waals surface area contributed by atoms with Gasteiger partial charge >= 0.3 is 0 Å². The largest absolute Gasteiger partial charge is 0.545 e. The summed E-state index contributed by atoms with van der Waals surface area (Å²) in [4.78, 5) is 22.7.